The summed E-state index contributed by atoms with van der Waals surface area (Å²) in [5.74, 6) is 0.784. The number of rotatable bonds is 6. The molecule has 8 heteroatoms. The number of nitrogens with zero attached hydrogens (tertiary/aromatic N) is 6. The van der Waals surface area contributed by atoms with Crippen molar-refractivity contribution >= 4 is 5.96 Å². The molecule has 0 amide bonds. The average molecular weight is 381 g/mol. The molecule has 28 heavy (non-hydrogen) atoms. The van der Waals surface area contributed by atoms with Gasteiger partial charge in [-0.1, -0.05) is 12.1 Å². The van der Waals surface area contributed by atoms with Gasteiger partial charge in [0, 0.05) is 32.4 Å². The van der Waals surface area contributed by atoms with E-state index in [1.54, 1.807) is 18.1 Å². The molecular formula is C20H28N8. The molecule has 0 spiro atoms. The van der Waals surface area contributed by atoms with E-state index in [0.29, 0.717) is 6.54 Å². The second-order valence-corrected chi connectivity index (χ2v) is 6.95. The predicted octanol–water partition coefficient (Wildman–Crippen LogP) is 1.91. The molecule has 0 saturated carbocycles. The lowest BCUT2D eigenvalue weighted by Gasteiger charge is -2.18. The molecular weight excluding hydrogens is 352 g/mol. The average Bonchev–Trinajstić information content (AvgIpc) is 3.30. The Morgan fingerprint density at radius 1 is 1.21 bits per heavy atom. The molecule has 1 aromatic carbocycles. The monoisotopic (exact) mass is 380 g/mol. The number of aryl methyl sites for hydroxylation is 2. The summed E-state index contributed by atoms with van der Waals surface area (Å²) in [6.07, 6.45) is 4.12. The molecule has 0 aliphatic carbocycles. The van der Waals surface area contributed by atoms with Crippen molar-refractivity contribution in [1.29, 1.82) is 0 Å². The van der Waals surface area contributed by atoms with Crippen LogP contribution in [0.15, 0.2) is 41.9 Å². The van der Waals surface area contributed by atoms with Crippen LogP contribution in [-0.4, -0.2) is 43.6 Å². The van der Waals surface area contributed by atoms with Crippen molar-refractivity contribution in [3.05, 3.63) is 59.4 Å². The molecule has 0 aliphatic heterocycles. The summed E-state index contributed by atoms with van der Waals surface area (Å²) in [6, 6.07) is 8.44. The van der Waals surface area contributed by atoms with Gasteiger partial charge in [0.05, 0.1) is 11.4 Å². The predicted molar refractivity (Wildman–Crippen MR) is 111 cm³/mol. The van der Waals surface area contributed by atoms with Crippen LogP contribution < -0.4 is 10.6 Å². The van der Waals surface area contributed by atoms with Crippen LogP contribution >= 0.6 is 0 Å². The van der Waals surface area contributed by atoms with Crippen LogP contribution in [0, 0.1) is 13.8 Å². The van der Waals surface area contributed by atoms with Crippen molar-refractivity contribution < 1.29 is 0 Å². The second kappa shape index (κ2) is 8.69. The lowest BCUT2D eigenvalue weighted by molar-refractivity contribution is 0.635. The maximum atomic E-state index is 4.50. The zero-order valence-electron chi connectivity index (χ0n) is 17.1. The van der Waals surface area contributed by atoms with Crippen LogP contribution in [0.5, 0.6) is 0 Å². The summed E-state index contributed by atoms with van der Waals surface area (Å²) in [5.41, 5.74) is 5.74. The molecule has 148 valence electrons. The van der Waals surface area contributed by atoms with Crippen LogP contribution in [0.1, 0.15) is 29.4 Å². The van der Waals surface area contributed by atoms with Gasteiger partial charge in [0.25, 0.3) is 0 Å². The number of nitrogens with one attached hydrogen (secondary N) is 2. The number of benzene rings is 1. The summed E-state index contributed by atoms with van der Waals surface area (Å²) < 4.78 is 3.68. The highest BCUT2D eigenvalue weighted by Gasteiger charge is 2.14. The fourth-order valence-corrected chi connectivity index (χ4v) is 3.19. The van der Waals surface area contributed by atoms with Crippen molar-refractivity contribution in [3.63, 3.8) is 0 Å². The van der Waals surface area contributed by atoms with E-state index in [1.165, 1.54) is 23.1 Å². The van der Waals surface area contributed by atoms with Crippen molar-refractivity contribution in [2.45, 2.75) is 39.8 Å². The minimum absolute atomic E-state index is 0.238. The fourth-order valence-electron chi connectivity index (χ4n) is 3.19. The highest BCUT2D eigenvalue weighted by atomic mass is 15.3. The summed E-state index contributed by atoms with van der Waals surface area (Å²) in [4.78, 5) is 8.32. The fraction of sp³-hybridized carbons (Fsp3) is 0.400. The van der Waals surface area contributed by atoms with Gasteiger partial charge in [-0.15, -0.1) is 0 Å². The molecule has 0 fully saturated rings. The SMILES string of the molecule is CN=C(NCc1ccc(-n2cncn2)cc1)NC(C)Cc1c(C)nn(C)c1C. The van der Waals surface area contributed by atoms with E-state index in [2.05, 4.69) is 63.7 Å². The maximum absolute atomic E-state index is 4.50. The van der Waals surface area contributed by atoms with E-state index in [4.69, 9.17) is 0 Å². The standard InChI is InChI=1S/C20H28N8/c1-14(10-19-15(2)26-27(5)16(19)3)25-20(21-4)23-11-17-6-8-18(9-7-17)28-13-22-12-24-28/h6-9,12-14H,10-11H2,1-5H3,(H2,21,23,25). The lowest BCUT2D eigenvalue weighted by Crippen LogP contribution is -2.42. The lowest BCUT2D eigenvalue weighted by atomic mass is 10.1. The van der Waals surface area contributed by atoms with Crippen LogP contribution in [0.3, 0.4) is 0 Å². The molecule has 8 nitrogen and oxygen atoms in total. The largest absolute Gasteiger partial charge is 0.354 e. The molecule has 0 radical (unpaired) electrons. The number of aliphatic imine (C=N–C) groups is 1. The van der Waals surface area contributed by atoms with Gasteiger partial charge in [0.1, 0.15) is 12.7 Å². The van der Waals surface area contributed by atoms with Crippen LogP contribution in [0.25, 0.3) is 5.69 Å². The maximum Gasteiger partial charge on any atom is 0.191 e. The van der Waals surface area contributed by atoms with Gasteiger partial charge < -0.3 is 10.6 Å². The molecule has 1 atom stereocenters. The van der Waals surface area contributed by atoms with Crippen molar-refractivity contribution in [2.75, 3.05) is 7.05 Å². The highest BCUT2D eigenvalue weighted by Crippen LogP contribution is 2.14. The van der Waals surface area contributed by atoms with Gasteiger partial charge in [-0.3, -0.25) is 9.67 Å². The summed E-state index contributed by atoms with van der Waals surface area (Å²) in [7, 11) is 3.77. The van der Waals surface area contributed by atoms with Crippen LogP contribution in [0.2, 0.25) is 0 Å². The van der Waals surface area contributed by atoms with Crippen LogP contribution in [-0.2, 0) is 20.0 Å². The van der Waals surface area contributed by atoms with Gasteiger partial charge >= 0.3 is 0 Å². The van der Waals surface area contributed by atoms with Crippen LogP contribution in [0.4, 0.5) is 0 Å². The minimum atomic E-state index is 0.238. The van der Waals surface area contributed by atoms with Gasteiger partial charge in [0.2, 0.25) is 0 Å². The molecule has 2 N–H and O–H groups in total. The Bertz CT molecular complexity index is 922. The summed E-state index contributed by atoms with van der Waals surface area (Å²) in [6.45, 7) is 7.02. The first kappa shape index (κ1) is 19.6. The van der Waals surface area contributed by atoms with Crippen molar-refractivity contribution in [2.24, 2.45) is 12.0 Å². The summed E-state index contributed by atoms with van der Waals surface area (Å²) in [5, 5.41) is 15.5. The van der Waals surface area contributed by atoms with Gasteiger partial charge in [-0.2, -0.15) is 10.2 Å². The van der Waals surface area contributed by atoms with E-state index in [0.717, 1.165) is 23.8 Å². The molecule has 0 aliphatic rings. The van der Waals surface area contributed by atoms with Gasteiger partial charge in [-0.25, -0.2) is 9.67 Å². The molecule has 2 heterocycles. The zero-order chi connectivity index (χ0) is 20.1. The Labute approximate surface area is 165 Å². The van der Waals surface area contributed by atoms with E-state index in [1.807, 2.05) is 23.9 Å². The quantitative estimate of drug-likeness (QED) is 0.504. The molecule has 0 saturated heterocycles. The Kier molecular flexibility index (Phi) is 6.08. The third-order valence-electron chi connectivity index (χ3n) is 4.86. The van der Waals surface area contributed by atoms with E-state index >= 15 is 0 Å². The molecule has 3 aromatic rings. The Balaban J connectivity index is 1.54. The third-order valence-corrected chi connectivity index (χ3v) is 4.86. The van der Waals surface area contributed by atoms with Crippen molar-refractivity contribution in [1.82, 2.24) is 35.2 Å². The summed E-state index contributed by atoms with van der Waals surface area (Å²) >= 11 is 0. The number of hydrogen-bond acceptors (Lipinski definition) is 4. The Hall–Kier alpha value is -3.16. The molecule has 1 unspecified atom stereocenters. The number of aromatic nitrogens is 5. The molecule has 2 aromatic heterocycles. The zero-order valence-corrected chi connectivity index (χ0v) is 17.1. The van der Waals surface area contributed by atoms with Crippen molar-refractivity contribution in [3.8, 4) is 5.69 Å². The number of hydrogen-bond donors (Lipinski definition) is 2. The smallest absolute Gasteiger partial charge is 0.191 e. The third kappa shape index (κ3) is 4.57. The van der Waals surface area contributed by atoms with E-state index in [-0.39, 0.29) is 6.04 Å². The molecule has 3 rings (SSSR count). The Morgan fingerprint density at radius 3 is 2.54 bits per heavy atom. The minimum Gasteiger partial charge on any atom is -0.354 e. The molecule has 0 bridgehead atoms. The first-order chi connectivity index (χ1) is 13.5. The van der Waals surface area contributed by atoms with E-state index < -0.39 is 0 Å². The number of guanidine groups is 1. The second-order valence-electron chi connectivity index (χ2n) is 6.95. The van der Waals surface area contributed by atoms with Gasteiger partial charge in [-0.05, 0) is 50.5 Å². The Morgan fingerprint density at radius 2 is 1.96 bits per heavy atom. The van der Waals surface area contributed by atoms with Gasteiger partial charge in [0.15, 0.2) is 5.96 Å². The normalized spacial score (nSPS) is 12.8. The first-order valence-corrected chi connectivity index (χ1v) is 9.38. The first-order valence-electron chi connectivity index (χ1n) is 9.38. The van der Waals surface area contributed by atoms with E-state index in [9.17, 15) is 0 Å². The highest BCUT2D eigenvalue weighted by molar-refractivity contribution is 5.79. The topological polar surface area (TPSA) is 84.9 Å².